The first-order valence-electron chi connectivity index (χ1n) is 9.28. The van der Waals surface area contributed by atoms with Crippen molar-refractivity contribution in [2.75, 3.05) is 6.61 Å². The van der Waals surface area contributed by atoms with Gasteiger partial charge in [0.15, 0.2) is 29.1 Å². The molecule has 0 amide bonds. The maximum absolute atomic E-state index is 12.7. The third kappa shape index (κ3) is 3.52. The van der Waals surface area contributed by atoms with Gasteiger partial charge in [-0.3, -0.25) is 4.79 Å². The van der Waals surface area contributed by atoms with E-state index in [-0.39, 0.29) is 28.4 Å². The fourth-order valence-corrected chi connectivity index (χ4v) is 3.49. The van der Waals surface area contributed by atoms with Gasteiger partial charge in [-0.15, -0.1) is 0 Å². The lowest BCUT2D eigenvalue weighted by atomic mass is 9.99. The largest absolute Gasteiger partial charge is 0.504 e. The maximum Gasteiger partial charge on any atom is 0.229 e. The lowest BCUT2D eigenvalue weighted by Crippen LogP contribution is -2.60. The summed E-state index contributed by atoms with van der Waals surface area (Å²) in [5.74, 6) is -2.34. The van der Waals surface area contributed by atoms with Crippen molar-refractivity contribution in [2.45, 2.75) is 36.8 Å². The van der Waals surface area contributed by atoms with Gasteiger partial charge in [0.2, 0.25) is 17.8 Å². The number of Topliss-reactive ketones (excluding diaryl/α,β-unsaturated/α-hetero) is 1. The Morgan fingerprint density at radius 2 is 1.68 bits per heavy atom. The maximum atomic E-state index is 12.7. The van der Waals surface area contributed by atoms with Crippen molar-refractivity contribution in [2.24, 2.45) is 0 Å². The van der Waals surface area contributed by atoms with Crippen LogP contribution in [0.2, 0.25) is 0 Å². The van der Waals surface area contributed by atoms with Crippen LogP contribution in [0.1, 0.15) is 22.0 Å². The highest BCUT2D eigenvalue weighted by Crippen LogP contribution is 2.48. The van der Waals surface area contributed by atoms with Crippen LogP contribution in [0, 0.1) is 0 Å². The van der Waals surface area contributed by atoms with Gasteiger partial charge < -0.3 is 50.0 Å². The monoisotopic (exact) mass is 436 g/mol. The summed E-state index contributed by atoms with van der Waals surface area (Å²) in [6.45, 7) is -0.653. The van der Waals surface area contributed by atoms with Gasteiger partial charge in [-0.25, -0.2) is 0 Å². The summed E-state index contributed by atoms with van der Waals surface area (Å²) in [5, 5.41) is 68.7. The highest BCUT2D eigenvalue weighted by molar-refractivity contribution is 6.06. The normalized spacial score (nSPS) is 30.0. The number of ether oxygens (including phenoxy) is 3. The average Bonchev–Trinajstić information content (AvgIpc) is 3.09. The zero-order chi connectivity index (χ0) is 22.4. The standard InChI is InChI=1S/C20H20O11/c21-6-12-14(25)16(27)17(28)20(30-12)29-11-4-2-8-13(24)18(31-19(8)15(11)26)7-1-3-9(22)10(23)5-7/h1-5,12,14,16-18,20-23,25-28H,6H2/t12?,14-,16-,17?,18?,20-/m1/s1. The number of hydrogen-bond acceptors (Lipinski definition) is 11. The molecule has 11 heteroatoms. The van der Waals surface area contributed by atoms with E-state index < -0.39 is 60.7 Å². The first-order chi connectivity index (χ1) is 14.7. The number of phenolic OH excluding ortho intramolecular Hbond substituents is 3. The second-order valence-electron chi connectivity index (χ2n) is 7.21. The van der Waals surface area contributed by atoms with Crippen LogP contribution in [0.5, 0.6) is 28.7 Å². The number of hydrogen-bond donors (Lipinski definition) is 7. The summed E-state index contributed by atoms with van der Waals surface area (Å²) in [6, 6.07) is 6.28. The van der Waals surface area contributed by atoms with E-state index in [2.05, 4.69) is 0 Å². The molecule has 0 bridgehead atoms. The molecule has 1 saturated heterocycles. The number of aliphatic hydroxyl groups excluding tert-OH is 4. The van der Waals surface area contributed by atoms with E-state index in [1.54, 1.807) is 0 Å². The zero-order valence-electron chi connectivity index (χ0n) is 15.8. The summed E-state index contributed by atoms with van der Waals surface area (Å²) in [5.41, 5.74) is 0.281. The Morgan fingerprint density at radius 1 is 0.935 bits per heavy atom. The Bertz CT molecular complexity index is 1000. The van der Waals surface area contributed by atoms with Crippen LogP contribution in [0.3, 0.4) is 0 Å². The number of phenols is 3. The lowest BCUT2D eigenvalue weighted by Gasteiger charge is -2.39. The molecule has 1 fully saturated rings. The van der Waals surface area contributed by atoms with E-state index in [0.29, 0.717) is 0 Å². The average molecular weight is 436 g/mol. The predicted octanol–water partition coefficient (Wildman–Crippen LogP) is -0.702. The molecule has 2 aliphatic rings. The fraction of sp³-hybridized carbons (Fsp3) is 0.350. The minimum Gasteiger partial charge on any atom is -0.504 e. The number of rotatable bonds is 4. The van der Waals surface area contributed by atoms with Crippen LogP contribution in [-0.2, 0) is 4.74 Å². The van der Waals surface area contributed by atoms with E-state index in [1.165, 1.54) is 24.3 Å². The van der Waals surface area contributed by atoms with Crippen molar-refractivity contribution in [3.05, 3.63) is 41.5 Å². The summed E-state index contributed by atoms with van der Waals surface area (Å²) >= 11 is 0. The van der Waals surface area contributed by atoms with Gasteiger partial charge in [0.05, 0.1) is 12.2 Å². The van der Waals surface area contributed by atoms with E-state index in [4.69, 9.17) is 14.2 Å². The van der Waals surface area contributed by atoms with Crippen molar-refractivity contribution in [1.82, 2.24) is 0 Å². The molecular formula is C20H20O11. The van der Waals surface area contributed by atoms with Gasteiger partial charge >= 0.3 is 0 Å². The topological polar surface area (TPSA) is 186 Å². The molecule has 11 nitrogen and oxygen atoms in total. The molecule has 0 aromatic heterocycles. The number of aliphatic hydroxyl groups is 4. The number of carbonyl (C=O) groups excluding carboxylic acids is 1. The minimum atomic E-state index is -1.69. The van der Waals surface area contributed by atoms with Gasteiger partial charge in [-0.2, -0.15) is 0 Å². The Labute approximate surface area is 174 Å². The van der Waals surface area contributed by atoms with E-state index in [9.17, 15) is 40.5 Å². The third-order valence-electron chi connectivity index (χ3n) is 5.23. The zero-order valence-corrected chi connectivity index (χ0v) is 15.8. The molecule has 31 heavy (non-hydrogen) atoms. The molecule has 7 N–H and O–H groups in total. The van der Waals surface area contributed by atoms with Gasteiger partial charge in [0.1, 0.15) is 24.4 Å². The summed E-state index contributed by atoms with van der Waals surface area (Å²) in [4.78, 5) is 12.7. The number of benzene rings is 2. The van der Waals surface area contributed by atoms with Crippen LogP contribution in [0.25, 0.3) is 0 Å². The van der Waals surface area contributed by atoms with Gasteiger partial charge in [0, 0.05) is 5.56 Å². The second kappa shape index (κ2) is 7.87. The number of carbonyl (C=O) groups is 1. The molecular weight excluding hydrogens is 416 g/mol. The summed E-state index contributed by atoms with van der Waals surface area (Å²) < 4.78 is 16.2. The van der Waals surface area contributed by atoms with Gasteiger partial charge in [0.25, 0.3) is 0 Å². The van der Waals surface area contributed by atoms with Crippen LogP contribution < -0.4 is 9.47 Å². The Morgan fingerprint density at radius 3 is 2.35 bits per heavy atom. The van der Waals surface area contributed by atoms with Gasteiger partial charge in [-0.05, 0) is 24.3 Å². The molecule has 2 heterocycles. The molecule has 3 unspecified atom stereocenters. The molecule has 2 aromatic carbocycles. The molecule has 4 rings (SSSR count). The number of aromatic hydroxyl groups is 3. The lowest BCUT2D eigenvalue weighted by molar-refractivity contribution is -0.277. The van der Waals surface area contributed by atoms with Crippen molar-refractivity contribution in [1.29, 1.82) is 0 Å². The summed E-state index contributed by atoms with van der Waals surface area (Å²) in [6.07, 6.45) is -8.87. The third-order valence-corrected chi connectivity index (χ3v) is 5.23. The molecule has 6 atom stereocenters. The second-order valence-corrected chi connectivity index (χ2v) is 7.21. The molecule has 0 saturated carbocycles. The minimum absolute atomic E-state index is 0.0382. The van der Waals surface area contributed by atoms with Crippen molar-refractivity contribution in [3.63, 3.8) is 0 Å². The molecule has 0 aliphatic carbocycles. The Hall–Kier alpha value is -3.09. The highest BCUT2D eigenvalue weighted by atomic mass is 16.7. The summed E-state index contributed by atoms with van der Waals surface area (Å²) in [7, 11) is 0. The van der Waals surface area contributed by atoms with Gasteiger partial charge in [-0.1, -0.05) is 6.07 Å². The van der Waals surface area contributed by atoms with Crippen LogP contribution in [0.15, 0.2) is 30.3 Å². The van der Waals surface area contributed by atoms with E-state index >= 15 is 0 Å². The highest BCUT2D eigenvalue weighted by Gasteiger charge is 2.45. The Balaban J connectivity index is 1.59. The predicted molar refractivity (Wildman–Crippen MR) is 100.0 cm³/mol. The smallest absolute Gasteiger partial charge is 0.229 e. The SMILES string of the molecule is O=C1c2ccc(O[C@@H]3OC(CO)[C@@H](O)[C@@H](O)C3O)c(O)c2OC1c1ccc(O)c(O)c1. The van der Waals surface area contributed by atoms with Crippen molar-refractivity contribution in [3.8, 4) is 28.7 Å². The van der Waals surface area contributed by atoms with Crippen LogP contribution in [-0.4, -0.2) is 78.8 Å². The Kier molecular flexibility index (Phi) is 5.37. The molecule has 166 valence electrons. The fourth-order valence-electron chi connectivity index (χ4n) is 3.49. The van der Waals surface area contributed by atoms with E-state index in [0.717, 1.165) is 6.07 Å². The van der Waals surface area contributed by atoms with Crippen LogP contribution in [0.4, 0.5) is 0 Å². The number of ketones is 1. The van der Waals surface area contributed by atoms with Crippen molar-refractivity contribution < 1.29 is 54.8 Å². The van der Waals surface area contributed by atoms with Crippen LogP contribution >= 0.6 is 0 Å². The van der Waals surface area contributed by atoms with E-state index in [1.807, 2.05) is 0 Å². The molecule has 2 aromatic rings. The molecule has 0 spiro atoms. The quantitative estimate of drug-likeness (QED) is 0.300. The molecule has 2 aliphatic heterocycles. The first-order valence-corrected chi connectivity index (χ1v) is 9.28. The molecule has 0 radical (unpaired) electrons. The van der Waals surface area contributed by atoms with Crippen molar-refractivity contribution >= 4 is 5.78 Å². The number of fused-ring (bicyclic) bond motifs is 1. The first kappa shape index (κ1) is 21.2.